The number of hydrazine groups is 1. The van der Waals surface area contributed by atoms with Crippen LogP contribution in [0.3, 0.4) is 0 Å². The van der Waals surface area contributed by atoms with Crippen LogP contribution in [0.25, 0.3) is 0 Å². The largest absolute Gasteiger partial charge is 0.372 e. The van der Waals surface area contributed by atoms with Crippen molar-refractivity contribution >= 4 is 0 Å². The number of ether oxygens (including phenoxy) is 1. The highest BCUT2D eigenvalue weighted by Crippen LogP contribution is 2.49. The molecule has 0 amide bonds. The van der Waals surface area contributed by atoms with Crippen molar-refractivity contribution in [2.75, 3.05) is 19.6 Å². The molecule has 198 valence electrons. The number of imidazole rings is 2. The molecule has 2 aromatic heterocycles. The van der Waals surface area contributed by atoms with Gasteiger partial charge in [-0.25, -0.2) is 15.0 Å². The fourth-order valence-electron chi connectivity index (χ4n) is 8.46. The van der Waals surface area contributed by atoms with Gasteiger partial charge in [-0.15, -0.1) is 0 Å². The van der Waals surface area contributed by atoms with Crippen LogP contribution in [0.2, 0.25) is 0 Å². The summed E-state index contributed by atoms with van der Waals surface area (Å²) < 4.78 is 6.94. The van der Waals surface area contributed by atoms with E-state index >= 15 is 0 Å². The summed E-state index contributed by atoms with van der Waals surface area (Å²) in [5.74, 6) is 3.74. The average Bonchev–Trinajstić information content (AvgIpc) is 3.74. The summed E-state index contributed by atoms with van der Waals surface area (Å²) in [6, 6.07) is 1.50. The summed E-state index contributed by atoms with van der Waals surface area (Å²) in [6.45, 7) is 7.37. The van der Waals surface area contributed by atoms with Gasteiger partial charge in [0.25, 0.3) is 0 Å². The molecule has 0 bridgehead atoms. The SMILES string of the molecule is C=C1CCNC1c1ncc(C2CCC3C(C2)OC2CCC(c4cnc(C5CCCN5)[nH]4)C4CNN3C24)[nH]1. The van der Waals surface area contributed by atoms with Crippen molar-refractivity contribution in [2.45, 2.75) is 99.6 Å². The molecule has 2 saturated carbocycles. The number of aromatic nitrogens is 4. The maximum atomic E-state index is 6.94. The van der Waals surface area contributed by atoms with E-state index in [1.165, 1.54) is 42.6 Å². The standard InChI is InChI=1S/C28H40N8O/c1-15-8-10-30-25(15)28-32-13-20(34-28)16-4-6-22-24(11-16)37-23-7-5-17(18-12-33-36(22)26(18)23)21-14-31-27(35-21)19-3-2-9-29-19/h13-14,16-19,22-26,29-30,33H,1-12H2,(H,31,35)(H,32,34). The number of hydrogen-bond acceptors (Lipinski definition) is 7. The van der Waals surface area contributed by atoms with Gasteiger partial charge in [0.2, 0.25) is 0 Å². The summed E-state index contributed by atoms with van der Waals surface area (Å²) in [5.41, 5.74) is 7.69. The van der Waals surface area contributed by atoms with Crippen molar-refractivity contribution < 1.29 is 4.74 Å². The summed E-state index contributed by atoms with van der Waals surface area (Å²) >= 11 is 0. The third-order valence-electron chi connectivity index (χ3n) is 10.3. The maximum Gasteiger partial charge on any atom is 0.127 e. The molecule has 37 heavy (non-hydrogen) atoms. The van der Waals surface area contributed by atoms with E-state index < -0.39 is 0 Å². The molecule has 2 aromatic rings. The average molecular weight is 505 g/mol. The zero-order valence-electron chi connectivity index (χ0n) is 21.6. The molecule has 0 spiro atoms. The third kappa shape index (κ3) is 3.77. The highest BCUT2D eigenvalue weighted by molar-refractivity contribution is 5.23. The lowest BCUT2D eigenvalue weighted by Gasteiger charge is -2.53. The van der Waals surface area contributed by atoms with Gasteiger partial charge in [-0.1, -0.05) is 12.2 Å². The van der Waals surface area contributed by atoms with Gasteiger partial charge in [0.15, 0.2) is 0 Å². The highest BCUT2D eigenvalue weighted by atomic mass is 16.5. The van der Waals surface area contributed by atoms with Crippen molar-refractivity contribution in [3.05, 3.63) is 47.6 Å². The molecule has 4 aliphatic heterocycles. The smallest absolute Gasteiger partial charge is 0.127 e. The van der Waals surface area contributed by atoms with Gasteiger partial charge in [0.1, 0.15) is 11.6 Å². The number of H-pyrrole nitrogens is 2. The lowest BCUT2D eigenvalue weighted by Crippen LogP contribution is -2.64. The second-order valence-corrected chi connectivity index (χ2v) is 12.3. The molecule has 5 N–H and O–H groups in total. The number of aromatic amines is 2. The van der Waals surface area contributed by atoms with Crippen LogP contribution in [0, 0.1) is 5.92 Å². The Labute approximate surface area is 218 Å². The molecular formula is C28H40N8O. The van der Waals surface area contributed by atoms with Crippen LogP contribution in [-0.2, 0) is 4.74 Å². The summed E-state index contributed by atoms with van der Waals surface area (Å²) in [5, 5.41) is 9.74. The molecule has 6 fully saturated rings. The van der Waals surface area contributed by atoms with Gasteiger partial charge < -0.3 is 25.3 Å². The fourth-order valence-corrected chi connectivity index (χ4v) is 8.46. The second-order valence-electron chi connectivity index (χ2n) is 12.3. The Morgan fingerprint density at radius 2 is 1.81 bits per heavy atom. The molecule has 0 aromatic carbocycles. The molecule has 9 unspecified atom stereocenters. The van der Waals surface area contributed by atoms with Crippen molar-refractivity contribution in [3.63, 3.8) is 0 Å². The quantitative estimate of drug-likeness (QED) is 0.408. The van der Waals surface area contributed by atoms with Gasteiger partial charge in [-0.2, -0.15) is 0 Å². The number of fused-ring (bicyclic) bond motifs is 2. The Hall–Kier alpha value is -2.04. The van der Waals surface area contributed by atoms with Crippen LogP contribution in [0.1, 0.15) is 98.3 Å². The van der Waals surface area contributed by atoms with Crippen LogP contribution in [0.15, 0.2) is 24.5 Å². The first kappa shape index (κ1) is 22.9. The number of morpholine rings is 1. The van der Waals surface area contributed by atoms with Crippen molar-refractivity contribution in [3.8, 4) is 0 Å². The van der Waals surface area contributed by atoms with Gasteiger partial charge in [-0.3, -0.25) is 5.43 Å². The van der Waals surface area contributed by atoms with Crippen molar-refractivity contribution in [1.29, 1.82) is 0 Å². The zero-order valence-corrected chi connectivity index (χ0v) is 21.6. The monoisotopic (exact) mass is 504 g/mol. The van der Waals surface area contributed by atoms with Crippen LogP contribution < -0.4 is 16.1 Å². The maximum absolute atomic E-state index is 6.94. The van der Waals surface area contributed by atoms with Crippen molar-refractivity contribution in [2.24, 2.45) is 5.92 Å². The van der Waals surface area contributed by atoms with E-state index in [0.717, 1.165) is 57.0 Å². The molecule has 9 nitrogen and oxygen atoms in total. The highest BCUT2D eigenvalue weighted by Gasteiger charge is 2.55. The number of rotatable bonds is 4. The molecule has 2 aliphatic carbocycles. The van der Waals surface area contributed by atoms with E-state index in [4.69, 9.17) is 14.7 Å². The van der Waals surface area contributed by atoms with Crippen LogP contribution in [0.4, 0.5) is 0 Å². The number of nitrogens with zero attached hydrogens (tertiary/aromatic N) is 3. The van der Waals surface area contributed by atoms with E-state index in [9.17, 15) is 0 Å². The van der Waals surface area contributed by atoms with E-state index in [-0.39, 0.29) is 12.1 Å². The minimum atomic E-state index is 0.179. The van der Waals surface area contributed by atoms with Gasteiger partial charge in [-0.05, 0) is 64.5 Å². The number of hydrogen-bond donors (Lipinski definition) is 5. The van der Waals surface area contributed by atoms with Gasteiger partial charge in [0.05, 0.1) is 36.4 Å². The van der Waals surface area contributed by atoms with Gasteiger partial charge in [0, 0.05) is 48.1 Å². The van der Waals surface area contributed by atoms with Crippen LogP contribution >= 0.6 is 0 Å². The topological polar surface area (TPSA) is 106 Å². The summed E-state index contributed by atoms with van der Waals surface area (Å²) in [6.07, 6.45) is 13.9. The van der Waals surface area contributed by atoms with E-state index in [1.54, 1.807) is 0 Å². The van der Waals surface area contributed by atoms with Gasteiger partial charge >= 0.3 is 0 Å². The molecular weight excluding hydrogens is 464 g/mol. The fraction of sp³-hybridized carbons (Fsp3) is 0.714. The Morgan fingerprint density at radius 1 is 0.919 bits per heavy atom. The molecule has 9 atom stereocenters. The van der Waals surface area contributed by atoms with E-state index in [0.29, 0.717) is 42.0 Å². The molecule has 6 heterocycles. The summed E-state index contributed by atoms with van der Waals surface area (Å²) in [7, 11) is 0. The lowest BCUT2D eigenvalue weighted by atomic mass is 9.71. The minimum absolute atomic E-state index is 0.179. The first-order chi connectivity index (χ1) is 18.2. The second kappa shape index (κ2) is 9.02. The molecule has 4 saturated heterocycles. The van der Waals surface area contributed by atoms with E-state index in [1.807, 2.05) is 0 Å². The summed E-state index contributed by atoms with van der Waals surface area (Å²) in [4.78, 5) is 16.9. The van der Waals surface area contributed by atoms with Crippen LogP contribution in [-0.4, -0.2) is 68.9 Å². The predicted molar refractivity (Wildman–Crippen MR) is 140 cm³/mol. The molecule has 0 radical (unpaired) electrons. The molecule has 6 aliphatic rings. The van der Waals surface area contributed by atoms with Crippen LogP contribution in [0.5, 0.6) is 0 Å². The Balaban J connectivity index is 0.966. The zero-order chi connectivity index (χ0) is 24.5. The molecule has 8 rings (SSSR count). The minimum Gasteiger partial charge on any atom is -0.372 e. The lowest BCUT2D eigenvalue weighted by molar-refractivity contribution is -0.184. The van der Waals surface area contributed by atoms with Crippen molar-refractivity contribution in [1.82, 2.24) is 41.0 Å². The Bertz CT molecular complexity index is 1150. The first-order valence-electron chi connectivity index (χ1n) is 14.6. The van der Waals surface area contributed by atoms with E-state index in [2.05, 4.69) is 50.0 Å². The first-order valence-corrected chi connectivity index (χ1v) is 14.6. The normalized spacial score (nSPS) is 41.7. The Morgan fingerprint density at radius 3 is 2.68 bits per heavy atom. The predicted octanol–water partition coefficient (Wildman–Crippen LogP) is 2.93. The third-order valence-corrected chi connectivity index (χ3v) is 10.3. The Kier molecular flexibility index (Phi) is 5.58. The molecule has 9 heteroatoms. The number of nitrogens with one attached hydrogen (secondary N) is 5.